The molecule has 0 saturated carbocycles. The lowest BCUT2D eigenvalue weighted by atomic mass is 10.1. The van der Waals surface area contributed by atoms with Crippen LogP contribution in [0.25, 0.3) is 35.1 Å². The lowest BCUT2D eigenvalue weighted by molar-refractivity contribution is -0.131. The third-order valence-electron chi connectivity index (χ3n) is 7.17. The van der Waals surface area contributed by atoms with Gasteiger partial charge in [0.15, 0.2) is 35.7 Å². The first-order valence-electron chi connectivity index (χ1n) is 16.6. The molecular weight excluding hydrogens is 732 g/mol. The largest absolute Gasteiger partial charge is 0.493 e. The monoisotopic (exact) mass is 768 g/mol. The Kier molecular flexibility index (Phi) is 16.0. The highest BCUT2D eigenvalue weighted by atomic mass is 16.5. The Morgan fingerprint density at radius 3 is 1.74 bits per heavy atom. The summed E-state index contributed by atoms with van der Waals surface area (Å²) in [6.07, 6.45) is 18.5. The second-order valence-corrected chi connectivity index (χ2v) is 10.9. The van der Waals surface area contributed by atoms with Crippen LogP contribution in [0.4, 0.5) is 11.4 Å². The second-order valence-electron chi connectivity index (χ2n) is 10.9. The zero-order chi connectivity index (χ0) is 40.8. The van der Waals surface area contributed by atoms with Crippen LogP contribution in [0, 0.1) is 24.7 Å². The van der Waals surface area contributed by atoms with Crippen molar-refractivity contribution in [1.29, 1.82) is 0 Å². The number of hydrogen-bond acceptors (Lipinski definition) is 13. The summed E-state index contributed by atoms with van der Waals surface area (Å²) >= 11 is 0. The number of nitrogen functional groups attached to an aromatic ring is 1. The molecule has 15 nitrogen and oxygen atoms in total. The first-order valence-corrected chi connectivity index (χ1v) is 16.6. The lowest BCUT2D eigenvalue weighted by Gasteiger charge is -2.09. The quantitative estimate of drug-likeness (QED) is 0.0649. The van der Waals surface area contributed by atoms with Crippen LogP contribution in [0.3, 0.4) is 0 Å². The van der Waals surface area contributed by atoms with Gasteiger partial charge in [0.25, 0.3) is 11.8 Å². The van der Waals surface area contributed by atoms with Crippen molar-refractivity contribution in [2.24, 2.45) is 0 Å². The lowest BCUT2D eigenvalue weighted by Crippen LogP contribution is -2.08. The van der Waals surface area contributed by atoms with E-state index in [1.165, 1.54) is 39.0 Å². The zero-order valence-electron chi connectivity index (χ0n) is 30.7. The van der Waals surface area contributed by atoms with Crippen LogP contribution in [0.15, 0.2) is 119 Å². The van der Waals surface area contributed by atoms with Crippen LogP contribution in [0.1, 0.15) is 11.1 Å². The highest BCUT2D eigenvalue weighted by molar-refractivity contribution is 6.03. The number of benzene rings is 4. The number of carboxylic acids is 1. The molecule has 288 valence electrons. The molecule has 0 radical (unpaired) electrons. The number of hydrogen-bond donors (Lipinski definition) is 3. The molecule has 6 aromatic rings. The molecule has 57 heavy (non-hydrogen) atoms. The third-order valence-corrected chi connectivity index (χ3v) is 7.17. The molecule has 0 saturated heterocycles. The van der Waals surface area contributed by atoms with E-state index in [2.05, 4.69) is 37.4 Å². The van der Waals surface area contributed by atoms with Crippen molar-refractivity contribution in [2.75, 3.05) is 38.5 Å². The minimum Gasteiger partial charge on any atom is -0.493 e. The fourth-order valence-electron chi connectivity index (χ4n) is 4.62. The van der Waals surface area contributed by atoms with Crippen LogP contribution in [-0.2, 0) is 9.59 Å². The molecule has 0 bridgehead atoms. The second kappa shape index (κ2) is 22.0. The van der Waals surface area contributed by atoms with Gasteiger partial charge in [-0.3, -0.25) is 4.79 Å². The molecule has 2 aromatic heterocycles. The predicted octanol–water partition coefficient (Wildman–Crippen LogP) is 6.53. The number of carboxylic acid groups (broad SMARTS) is 1. The average Bonchev–Trinajstić information content (AvgIpc) is 3.98. The van der Waals surface area contributed by atoms with Crippen LogP contribution >= 0.6 is 0 Å². The van der Waals surface area contributed by atoms with Crippen molar-refractivity contribution in [3.05, 3.63) is 121 Å². The zero-order valence-corrected chi connectivity index (χ0v) is 30.7. The maximum atomic E-state index is 12.3. The summed E-state index contributed by atoms with van der Waals surface area (Å²) in [6.45, 7) is 0.300. The topological polar surface area (TPSA) is 207 Å². The Bertz CT molecular complexity index is 2360. The van der Waals surface area contributed by atoms with E-state index in [4.69, 9.17) is 51.7 Å². The van der Waals surface area contributed by atoms with Gasteiger partial charge in [0, 0.05) is 17.8 Å². The predicted molar refractivity (Wildman–Crippen MR) is 213 cm³/mol. The molecule has 2 heterocycles. The molecule has 0 fully saturated rings. The van der Waals surface area contributed by atoms with Crippen molar-refractivity contribution in [2.45, 2.75) is 0 Å². The molecule has 0 aliphatic rings. The van der Waals surface area contributed by atoms with E-state index in [-0.39, 0.29) is 19.1 Å². The van der Waals surface area contributed by atoms with Gasteiger partial charge in [0.05, 0.1) is 31.0 Å². The molecule has 15 heteroatoms. The number of nitrogens with one attached hydrogen (secondary N) is 1. The molecule has 4 N–H and O–H groups in total. The molecule has 0 aliphatic heterocycles. The SMILES string of the molecule is C#CCOc1ccc(/C=C/C(=O)Nc2ccccc2-c2ncno2)cc1OC.C#CCOc1ccc(/C=C/C(=O)O)cc1OC.Nc1ccccc1-c1ncno1. The molecule has 4 aromatic carbocycles. The van der Waals surface area contributed by atoms with Crippen LogP contribution in [0.2, 0.25) is 0 Å². The molecule has 0 spiro atoms. The number of amides is 1. The smallest absolute Gasteiger partial charge is 0.328 e. The Morgan fingerprint density at radius 2 is 1.25 bits per heavy atom. The van der Waals surface area contributed by atoms with Crippen LogP contribution in [0.5, 0.6) is 23.0 Å². The number of carbonyl (C=O) groups is 2. The Morgan fingerprint density at radius 1 is 0.737 bits per heavy atom. The Balaban J connectivity index is 0.000000210. The molecule has 1 amide bonds. The summed E-state index contributed by atoms with van der Waals surface area (Å²) < 4.78 is 31.0. The van der Waals surface area contributed by atoms with Crippen molar-refractivity contribution in [3.63, 3.8) is 0 Å². The maximum Gasteiger partial charge on any atom is 0.328 e. The highest BCUT2D eigenvalue weighted by Gasteiger charge is 2.11. The van der Waals surface area contributed by atoms with Crippen molar-refractivity contribution in [3.8, 4) is 70.6 Å². The summed E-state index contributed by atoms with van der Waals surface area (Å²) in [5.74, 6) is 6.32. The number of terminal acetylenes is 2. The van der Waals surface area contributed by atoms with Gasteiger partial charge in [-0.05, 0) is 71.8 Å². The third kappa shape index (κ3) is 13.0. The van der Waals surface area contributed by atoms with E-state index < -0.39 is 5.97 Å². The van der Waals surface area contributed by atoms with Gasteiger partial charge in [-0.15, -0.1) is 12.8 Å². The van der Waals surface area contributed by atoms with Gasteiger partial charge in [-0.25, -0.2) is 4.79 Å². The Labute approximate surface area is 327 Å². The fraction of sp³-hybridized carbons (Fsp3) is 0.0952. The number of methoxy groups -OCH3 is 2. The number of para-hydroxylation sites is 2. The summed E-state index contributed by atoms with van der Waals surface area (Å²) in [4.78, 5) is 30.6. The summed E-state index contributed by atoms with van der Waals surface area (Å²) in [5.41, 5.74) is 9.78. The number of anilines is 2. The fourth-order valence-corrected chi connectivity index (χ4v) is 4.62. The first kappa shape index (κ1) is 41.5. The first-order chi connectivity index (χ1) is 27.8. The minimum absolute atomic E-state index is 0.146. The average molecular weight is 769 g/mol. The molecule has 0 atom stereocenters. The molecule has 0 aliphatic carbocycles. The molecule has 0 unspecified atom stereocenters. The molecule has 6 rings (SSSR count). The van der Waals surface area contributed by atoms with Gasteiger partial charge in [0.1, 0.15) is 13.2 Å². The summed E-state index contributed by atoms with van der Waals surface area (Å²) in [6, 6.07) is 24.9. The van der Waals surface area contributed by atoms with Crippen molar-refractivity contribution < 1.29 is 42.7 Å². The van der Waals surface area contributed by atoms with Gasteiger partial charge in [0.2, 0.25) is 5.91 Å². The number of ether oxygens (including phenoxy) is 4. The van der Waals surface area contributed by atoms with Gasteiger partial charge in [-0.1, -0.05) is 58.6 Å². The van der Waals surface area contributed by atoms with E-state index in [1.807, 2.05) is 24.3 Å². The minimum atomic E-state index is -1.00. The number of carbonyl (C=O) groups excluding carboxylic acids is 1. The summed E-state index contributed by atoms with van der Waals surface area (Å²) in [7, 11) is 3.04. The highest BCUT2D eigenvalue weighted by Crippen LogP contribution is 2.30. The van der Waals surface area contributed by atoms with E-state index in [0.29, 0.717) is 57.3 Å². The number of aromatic nitrogens is 4. The number of nitrogens with zero attached hydrogens (tertiary/aromatic N) is 4. The van der Waals surface area contributed by atoms with E-state index in [1.54, 1.807) is 66.7 Å². The van der Waals surface area contributed by atoms with Gasteiger partial charge >= 0.3 is 5.97 Å². The maximum absolute atomic E-state index is 12.3. The van der Waals surface area contributed by atoms with Crippen molar-refractivity contribution in [1.82, 2.24) is 20.3 Å². The summed E-state index contributed by atoms with van der Waals surface area (Å²) in [5, 5.41) is 18.4. The van der Waals surface area contributed by atoms with E-state index in [0.717, 1.165) is 17.2 Å². The molecular formula is C42H36N6O9. The van der Waals surface area contributed by atoms with E-state index >= 15 is 0 Å². The Hall–Kier alpha value is -8.30. The van der Waals surface area contributed by atoms with Crippen molar-refractivity contribution >= 4 is 35.4 Å². The van der Waals surface area contributed by atoms with Crippen LogP contribution in [-0.4, -0.2) is 64.7 Å². The standard InChI is InChI=1S/C21H17N3O4.C13H12O4.C8H7N3O/c1-3-12-27-18-10-8-15(13-19(18)26-2)9-11-20(25)24-17-7-5-4-6-16(17)21-22-14-23-28-21;1-3-8-17-11-6-4-10(5-7-13(14)15)9-12(11)16-2;9-7-4-2-1-3-6(7)8-10-5-11-12-8/h1,4-11,13-14H,12H2,2H3,(H,24,25);1,4-7,9H,8H2,2H3,(H,14,15);1-5H,9H2/b11-9+;7-5+;. The normalized spacial score (nSPS) is 10.2. The van der Waals surface area contributed by atoms with Crippen LogP contribution < -0.4 is 30.0 Å². The van der Waals surface area contributed by atoms with E-state index in [9.17, 15) is 9.59 Å². The van der Waals surface area contributed by atoms with Gasteiger partial charge < -0.3 is 44.2 Å². The number of aliphatic carboxylic acids is 1. The number of rotatable bonds is 13. The van der Waals surface area contributed by atoms with Gasteiger partial charge in [-0.2, -0.15) is 9.97 Å². The number of nitrogens with two attached hydrogens (primary N) is 1.